The third-order valence-corrected chi connectivity index (χ3v) is 2.28. The summed E-state index contributed by atoms with van der Waals surface area (Å²) in [4.78, 5) is 3.87. The van der Waals surface area contributed by atoms with E-state index in [-0.39, 0.29) is 5.82 Å². The fourth-order valence-electron chi connectivity index (χ4n) is 1.41. The van der Waals surface area contributed by atoms with Gasteiger partial charge in [0.25, 0.3) is 0 Å². The molecule has 0 aliphatic heterocycles. The number of anilines is 1. The molecule has 3 nitrogen and oxygen atoms in total. The van der Waals surface area contributed by atoms with Gasteiger partial charge in [0.2, 0.25) is 0 Å². The molecule has 2 aromatic rings. The average molecular weight is 227 g/mol. The Kier molecular flexibility index (Phi) is 3.31. The van der Waals surface area contributed by atoms with Crippen molar-refractivity contribution in [3.63, 3.8) is 0 Å². The average Bonchev–Trinajstić information content (AvgIpc) is 2.38. The summed E-state index contributed by atoms with van der Waals surface area (Å²) in [6, 6.07) is 11.7. The van der Waals surface area contributed by atoms with Gasteiger partial charge in [0.1, 0.15) is 17.6 Å². The van der Waals surface area contributed by atoms with Crippen LogP contribution in [0.3, 0.4) is 0 Å². The maximum atomic E-state index is 12.7. The molecule has 0 saturated heterocycles. The van der Waals surface area contributed by atoms with Gasteiger partial charge in [-0.1, -0.05) is 12.1 Å². The Balaban J connectivity index is 2.02. The summed E-state index contributed by atoms with van der Waals surface area (Å²) in [7, 11) is 0. The molecule has 1 N–H and O–H groups in total. The molecule has 0 atom stereocenters. The molecule has 2 rings (SSSR count). The van der Waals surface area contributed by atoms with Gasteiger partial charge in [0.15, 0.2) is 0 Å². The Labute approximate surface area is 98.5 Å². The van der Waals surface area contributed by atoms with Crippen molar-refractivity contribution in [2.75, 3.05) is 5.32 Å². The number of pyridine rings is 1. The zero-order valence-electron chi connectivity index (χ0n) is 9.02. The first-order valence-corrected chi connectivity index (χ1v) is 5.12. The van der Waals surface area contributed by atoms with Crippen molar-refractivity contribution in [1.82, 2.24) is 4.98 Å². The molecule has 0 unspecified atom stereocenters. The van der Waals surface area contributed by atoms with Crippen LogP contribution < -0.4 is 5.32 Å². The summed E-state index contributed by atoms with van der Waals surface area (Å²) < 4.78 is 12.7. The summed E-state index contributed by atoms with van der Waals surface area (Å²) in [6.07, 6.45) is 1.57. The highest BCUT2D eigenvalue weighted by molar-refractivity contribution is 5.46. The number of aromatic nitrogens is 1. The minimum atomic E-state index is -0.246. The monoisotopic (exact) mass is 227 g/mol. The summed E-state index contributed by atoms with van der Waals surface area (Å²) in [6.45, 7) is 0.579. The zero-order chi connectivity index (χ0) is 12.1. The van der Waals surface area contributed by atoms with Gasteiger partial charge >= 0.3 is 0 Å². The molecule has 1 heterocycles. The molecule has 0 saturated carbocycles. The Morgan fingerprint density at radius 1 is 1.24 bits per heavy atom. The smallest absolute Gasteiger partial charge is 0.142 e. The maximum absolute atomic E-state index is 12.7. The van der Waals surface area contributed by atoms with Crippen LogP contribution >= 0.6 is 0 Å². The summed E-state index contributed by atoms with van der Waals surface area (Å²) >= 11 is 0. The van der Waals surface area contributed by atoms with Crippen molar-refractivity contribution in [2.24, 2.45) is 0 Å². The van der Waals surface area contributed by atoms with E-state index in [0.717, 1.165) is 11.3 Å². The van der Waals surface area contributed by atoms with Crippen LogP contribution in [-0.2, 0) is 6.54 Å². The molecular weight excluding hydrogens is 217 g/mol. The predicted molar refractivity (Wildman–Crippen MR) is 62.7 cm³/mol. The van der Waals surface area contributed by atoms with Gasteiger partial charge in [0, 0.05) is 18.4 Å². The third-order valence-electron chi connectivity index (χ3n) is 2.28. The fraction of sp³-hybridized carbons (Fsp3) is 0.0769. The third kappa shape index (κ3) is 3.02. The summed E-state index contributed by atoms with van der Waals surface area (Å²) in [5.41, 5.74) is 2.16. The molecule has 1 aromatic carbocycles. The molecule has 1 aromatic heterocycles. The van der Waals surface area contributed by atoms with Crippen molar-refractivity contribution in [2.45, 2.75) is 6.54 Å². The van der Waals surface area contributed by atoms with E-state index in [1.165, 1.54) is 12.1 Å². The molecule has 0 spiro atoms. The van der Waals surface area contributed by atoms with Crippen LogP contribution in [0.5, 0.6) is 0 Å². The first-order chi connectivity index (χ1) is 8.28. The van der Waals surface area contributed by atoms with Crippen molar-refractivity contribution in [3.05, 3.63) is 59.7 Å². The van der Waals surface area contributed by atoms with Crippen molar-refractivity contribution in [3.8, 4) is 6.07 Å². The molecule has 17 heavy (non-hydrogen) atoms. The number of nitrogens with one attached hydrogen (secondary N) is 1. The molecular formula is C13H10FN3. The lowest BCUT2D eigenvalue weighted by atomic mass is 10.2. The minimum Gasteiger partial charge on any atom is -0.381 e. The van der Waals surface area contributed by atoms with Crippen molar-refractivity contribution in [1.29, 1.82) is 5.26 Å². The molecule has 0 fully saturated rings. The number of halogens is 1. The van der Waals surface area contributed by atoms with E-state index in [1.807, 2.05) is 6.07 Å². The summed E-state index contributed by atoms with van der Waals surface area (Å²) in [5, 5.41) is 11.8. The van der Waals surface area contributed by atoms with Gasteiger partial charge in [0.05, 0.1) is 0 Å². The van der Waals surface area contributed by atoms with Gasteiger partial charge in [-0.05, 0) is 29.8 Å². The highest BCUT2D eigenvalue weighted by Gasteiger charge is 1.97. The highest BCUT2D eigenvalue weighted by atomic mass is 19.1. The lowest BCUT2D eigenvalue weighted by molar-refractivity contribution is 0.627. The number of nitriles is 1. The number of rotatable bonds is 3. The van der Waals surface area contributed by atoms with Gasteiger partial charge < -0.3 is 5.32 Å². The topological polar surface area (TPSA) is 48.7 Å². The van der Waals surface area contributed by atoms with E-state index in [0.29, 0.717) is 12.2 Å². The molecule has 84 valence electrons. The first kappa shape index (κ1) is 11.1. The molecule has 0 amide bonds. The normalized spacial score (nSPS) is 9.65. The lowest BCUT2D eigenvalue weighted by Gasteiger charge is -2.06. The van der Waals surface area contributed by atoms with Crippen molar-refractivity contribution < 1.29 is 4.39 Å². The van der Waals surface area contributed by atoms with E-state index in [1.54, 1.807) is 30.5 Å². The fourth-order valence-corrected chi connectivity index (χ4v) is 1.41. The standard InChI is InChI=1S/C13H10FN3/c14-11-3-1-10(2-4-11)9-17-12-5-6-16-13(7-12)8-15/h1-7H,9H2,(H,16,17). The Bertz CT molecular complexity index is 543. The second-order valence-electron chi connectivity index (χ2n) is 3.52. The Morgan fingerprint density at radius 2 is 2.00 bits per heavy atom. The van der Waals surface area contributed by atoms with Gasteiger partial charge in [-0.2, -0.15) is 5.26 Å². The maximum Gasteiger partial charge on any atom is 0.142 e. The van der Waals surface area contributed by atoms with Gasteiger partial charge in [-0.3, -0.25) is 0 Å². The molecule has 0 aliphatic rings. The van der Waals surface area contributed by atoms with E-state index >= 15 is 0 Å². The largest absolute Gasteiger partial charge is 0.381 e. The number of hydrogen-bond donors (Lipinski definition) is 1. The lowest BCUT2D eigenvalue weighted by Crippen LogP contribution is -2.00. The van der Waals surface area contributed by atoms with E-state index in [2.05, 4.69) is 10.3 Å². The first-order valence-electron chi connectivity index (χ1n) is 5.12. The van der Waals surface area contributed by atoms with E-state index < -0.39 is 0 Å². The van der Waals surface area contributed by atoms with Gasteiger partial charge in [-0.15, -0.1) is 0 Å². The quantitative estimate of drug-likeness (QED) is 0.877. The van der Waals surface area contributed by atoms with Crippen LogP contribution in [-0.4, -0.2) is 4.98 Å². The van der Waals surface area contributed by atoms with E-state index in [9.17, 15) is 4.39 Å². The van der Waals surface area contributed by atoms with Crippen LogP contribution in [0.4, 0.5) is 10.1 Å². The van der Waals surface area contributed by atoms with Gasteiger partial charge in [-0.25, -0.2) is 9.37 Å². The number of benzene rings is 1. The highest BCUT2D eigenvalue weighted by Crippen LogP contribution is 2.10. The van der Waals surface area contributed by atoms with Crippen LogP contribution in [0.1, 0.15) is 11.3 Å². The predicted octanol–water partition coefficient (Wildman–Crippen LogP) is 2.70. The Hall–Kier alpha value is -2.41. The number of hydrogen-bond acceptors (Lipinski definition) is 3. The second kappa shape index (κ2) is 5.08. The SMILES string of the molecule is N#Cc1cc(NCc2ccc(F)cc2)ccn1. The minimum absolute atomic E-state index is 0.246. The number of nitrogens with zero attached hydrogens (tertiary/aromatic N) is 2. The van der Waals surface area contributed by atoms with Crippen LogP contribution in [0.25, 0.3) is 0 Å². The van der Waals surface area contributed by atoms with Crippen molar-refractivity contribution >= 4 is 5.69 Å². The van der Waals surface area contributed by atoms with E-state index in [4.69, 9.17) is 5.26 Å². The van der Waals surface area contributed by atoms with Crippen LogP contribution in [0.15, 0.2) is 42.6 Å². The molecule has 0 bridgehead atoms. The molecule has 0 aliphatic carbocycles. The Morgan fingerprint density at radius 3 is 2.71 bits per heavy atom. The zero-order valence-corrected chi connectivity index (χ0v) is 9.02. The summed E-state index contributed by atoms with van der Waals surface area (Å²) in [5.74, 6) is -0.246. The second-order valence-corrected chi connectivity index (χ2v) is 3.52. The van der Waals surface area contributed by atoms with Crippen LogP contribution in [0, 0.1) is 17.1 Å². The van der Waals surface area contributed by atoms with Crippen LogP contribution in [0.2, 0.25) is 0 Å². The molecule has 0 radical (unpaired) electrons. The molecule has 4 heteroatoms.